The molecule has 0 saturated heterocycles. The largest absolute Gasteiger partial charge is 0.294 e. The fraction of sp³-hybridized carbons (Fsp3) is 0.294. The third kappa shape index (κ3) is 3.05. The number of hydrogen-bond acceptors (Lipinski definition) is 7. The third-order valence-electron chi connectivity index (χ3n) is 4.34. The van der Waals surface area contributed by atoms with E-state index in [1.54, 1.807) is 22.8 Å². The lowest BCUT2D eigenvalue weighted by Gasteiger charge is -2.19. The molecule has 0 radical (unpaired) electrons. The van der Waals surface area contributed by atoms with E-state index in [2.05, 4.69) is 15.1 Å². The highest BCUT2D eigenvalue weighted by molar-refractivity contribution is 7.98. The first-order valence-corrected chi connectivity index (χ1v) is 9.14. The number of carbonyl (C=O) groups is 1. The normalized spacial score (nSPS) is 16.7. The summed E-state index contributed by atoms with van der Waals surface area (Å²) in [6.45, 7) is 2.05. The van der Waals surface area contributed by atoms with Crippen LogP contribution < -0.4 is 0 Å². The molecule has 1 aliphatic carbocycles. The van der Waals surface area contributed by atoms with Crippen LogP contribution in [0.4, 0.5) is 5.69 Å². The molecule has 9 heteroatoms. The van der Waals surface area contributed by atoms with E-state index in [-0.39, 0.29) is 17.4 Å². The van der Waals surface area contributed by atoms with Gasteiger partial charge in [-0.25, -0.2) is 4.98 Å². The van der Waals surface area contributed by atoms with Crippen LogP contribution in [0.2, 0.25) is 0 Å². The van der Waals surface area contributed by atoms with E-state index in [0.717, 1.165) is 17.7 Å². The number of nitro groups is 1. The molecule has 0 N–H and O–H groups in total. The Morgan fingerprint density at radius 1 is 1.31 bits per heavy atom. The summed E-state index contributed by atoms with van der Waals surface area (Å²) in [6.07, 6.45) is 2.91. The molecule has 3 aromatic rings. The number of thioether (sulfide) groups is 1. The van der Waals surface area contributed by atoms with Crippen molar-refractivity contribution in [3.8, 4) is 0 Å². The average molecular weight is 369 g/mol. The minimum Gasteiger partial charge on any atom is -0.294 e. The summed E-state index contributed by atoms with van der Waals surface area (Å²) < 4.78 is 1.67. The predicted molar refractivity (Wildman–Crippen MR) is 95.3 cm³/mol. The Hall–Kier alpha value is -2.81. The molecule has 1 aliphatic rings. The first-order chi connectivity index (χ1) is 12.5. The fourth-order valence-corrected chi connectivity index (χ4v) is 3.82. The van der Waals surface area contributed by atoms with Crippen molar-refractivity contribution >= 4 is 29.0 Å². The van der Waals surface area contributed by atoms with Gasteiger partial charge in [0.2, 0.25) is 5.16 Å². The molecule has 0 amide bonds. The number of hydrogen-bond donors (Lipinski definition) is 0. The molecule has 1 unspecified atom stereocenters. The SMILES string of the molecule is CC1CC(=O)c2cnc3nc(SCc4ccc([N+](=O)[O-])cc4)nn3c2C1. The van der Waals surface area contributed by atoms with Crippen LogP contribution in [0.15, 0.2) is 35.6 Å². The molecular weight excluding hydrogens is 354 g/mol. The monoisotopic (exact) mass is 369 g/mol. The van der Waals surface area contributed by atoms with E-state index in [1.165, 1.54) is 23.9 Å². The molecule has 0 fully saturated rings. The van der Waals surface area contributed by atoms with Crippen molar-refractivity contribution in [2.24, 2.45) is 5.92 Å². The quantitative estimate of drug-likeness (QED) is 0.395. The Labute approximate surface area is 152 Å². The van der Waals surface area contributed by atoms with Gasteiger partial charge in [-0.15, -0.1) is 5.10 Å². The summed E-state index contributed by atoms with van der Waals surface area (Å²) in [7, 11) is 0. The predicted octanol–water partition coefficient (Wildman–Crippen LogP) is 3.09. The lowest BCUT2D eigenvalue weighted by Crippen LogP contribution is -2.21. The number of fused-ring (bicyclic) bond motifs is 3. The lowest BCUT2D eigenvalue weighted by molar-refractivity contribution is -0.384. The van der Waals surface area contributed by atoms with Gasteiger partial charge >= 0.3 is 0 Å². The fourth-order valence-electron chi connectivity index (χ4n) is 3.04. The van der Waals surface area contributed by atoms with Crippen molar-refractivity contribution in [3.63, 3.8) is 0 Å². The maximum absolute atomic E-state index is 12.2. The lowest BCUT2D eigenvalue weighted by atomic mass is 9.88. The van der Waals surface area contributed by atoms with Crippen molar-refractivity contribution in [2.75, 3.05) is 0 Å². The molecule has 0 saturated carbocycles. The molecule has 4 rings (SSSR count). The number of carbonyl (C=O) groups excluding carboxylic acids is 1. The Kier molecular flexibility index (Phi) is 4.15. The first-order valence-electron chi connectivity index (χ1n) is 8.15. The van der Waals surface area contributed by atoms with Crippen molar-refractivity contribution in [1.29, 1.82) is 0 Å². The molecule has 26 heavy (non-hydrogen) atoms. The third-order valence-corrected chi connectivity index (χ3v) is 5.25. The van der Waals surface area contributed by atoms with Crippen molar-refractivity contribution in [1.82, 2.24) is 19.6 Å². The van der Waals surface area contributed by atoms with Crippen LogP contribution in [0.1, 0.15) is 35.0 Å². The molecule has 1 atom stereocenters. The van der Waals surface area contributed by atoms with Crippen LogP contribution in [-0.2, 0) is 12.2 Å². The van der Waals surface area contributed by atoms with Gasteiger partial charge < -0.3 is 0 Å². The highest BCUT2D eigenvalue weighted by Gasteiger charge is 2.26. The van der Waals surface area contributed by atoms with Crippen LogP contribution in [0, 0.1) is 16.0 Å². The summed E-state index contributed by atoms with van der Waals surface area (Å²) in [6, 6.07) is 6.42. The maximum Gasteiger partial charge on any atom is 0.269 e. The van der Waals surface area contributed by atoms with Crippen LogP contribution >= 0.6 is 11.8 Å². The second-order valence-electron chi connectivity index (χ2n) is 6.37. The number of nitrogens with zero attached hydrogens (tertiary/aromatic N) is 5. The number of rotatable bonds is 4. The zero-order valence-electron chi connectivity index (χ0n) is 14.0. The van der Waals surface area contributed by atoms with Crippen LogP contribution in [-0.4, -0.2) is 30.3 Å². The van der Waals surface area contributed by atoms with Gasteiger partial charge in [-0.3, -0.25) is 14.9 Å². The topological polar surface area (TPSA) is 103 Å². The smallest absolute Gasteiger partial charge is 0.269 e. The van der Waals surface area contributed by atoms with Crippen LogP contribution in [0.25, 0.3) is 5.78 Å². The average Bonchev–Trinajstić information content (AvgIpc) is 3.04. The zero-order chi connectivity index (χ0) is 18.3. The van der Waals surface area contributed by atoms with E-state index in [0.29, 0.717) is 28.7 Å². The molecule has 132 valence electrons. The van der Waals surface area contributed by atoms with Gasteiger partial charge in [-0.05, 0) is 17.9 Å². The van der Waals surface area contributed by atoms with Gasteiger partial charge in [-0.1, -0.05) is 30.8 Å². The second-order valence-corrected chi connectivity index (χ2v) is 7.32. The van der Waals surface area contributed by atoms with Gasteiger partial charge in [0.25, 0.3) is 11.5 Å². The summed E-state index contributed by atoms with van der Waals surface area (Å²) in [5.74, 6) is 1.45. The minimum atomic E-state index is -0.419. The summed E-state index contributed by atoms with van der Waals surface area (Å²) in [5.41, 5.74) is 2.51. The number of benzene rings is 1. The van der Waals surface area contributed by atoms with Crippen LogP contribution in [0.5, 0.6) is 0 Å². The number of Topliss-reactive ketones (excluding diaryl/α,β-unsaturated/α-hetero) is 1. The molecule has 2 heterocycles. The Bertz CT molecular complexity index is 1020. The van der Waals surface area contributed by atoms with Gasteiger partial charge in [0.1, 0.15) is 0 Å². The number of ketones is 1. The molecule has 0 spiro atoms. The van der Waals surface area contributed by atoms with Gasteiger partial charge in [0.05, 0.1) is 16.2 Å². The highest BCUT2D eigenvalue weighted by Crippen LogP contribution is 2.27. The summed E-state index contributed by atoms with van der Waals surface area (Å²) in [5, 5.41) is 15.8. The number of nitro benzene ring substituents is 1. The Balaban J connectivity index is 1.57. The highest BCUT2D eigenvalue weighted by atomic mass is 32.2. The van der Waals surface area contributed by atoms with E-state index in [4.69, 9.17) is 0 Å². The summed E-state index contributed by atoms with van der Waals surface area (Å²) >= 11 is 1.43. The van der Waals surface area contributed by atoms with Crippen LogP contribution in [0.3, 0.4) is 0 Å². The molecule has 8 nitrogen and oxygen atoms in total. The van der Waals surface area contributed by atoms with E-state index < -0.39 is 4.92 Å². The van der Waals surface area contributed by atoms with E-state index in [9.17, 15) is 14.9 Å². The van der Waals surface area contributed by atoms with E-state index >= 15 is 0 Å². The Morgan fingerprint density at radius 2 is 2.08 bits per heavy atom. The van der Waals surface area contributed by atoms with Crippen molar-refractivity contribution in [3.05, 3.63) is 57.4 Å². The van der Waals surface area contributed by atoms with Gasteiger partial charge in [-0.2, -0.15) is 9.50 Å². The molecule has 2 aromatic heterocycles. The van der Waals surface area contributed by atoms with Gasteiger partial charge in [0, 0.05) is 30.5 Å². The molecule has 0 bridgehead atoms. The molecule has 0 aliphatic heterocycles. The van der Waals surface area contributed by atoms with E-state index in [1.807, 2.05) is 6.92 Å². The maximum atomic E-state index is 12.2. The first kappa shape index (κ1) is 16.6. The molecule has 1 aromatic carbocycles. The standard InChI is InChI=1S/C17H15N5O3S/c1-10-6-14-13(15(23)7-10)8-18-16-19-17(20-21(14)16)26-9-11-2-4-12(5-3-11)22(24)25/h2-5,8,10H,6-7,9H2,1H3. The van der Waals surface area contributed by atoms with Crippen molar-refractivity contribution < 1.29 is 9.72 Å². The van der Waals surface area contributed by atoms with Gasteiger partial charge in [0.15, 0.2) is 5.78 Å². The summed E-state index contributed by atoms with van der Waals surface area (Å²) in [4.78, 5) is 31.1. The minimum absolute atomic E-state index is 0.0687. The number of aromatic nitrogens is 4. The molecular formula is C17H15N5O3S. The Morgan fingerprint density at radius 3 is 2.81 bits per heavy atom. The van der Waals surface area contributed by atoms with Crippen molar-refractivity contribution in [2.45, 2.75) is 30.7 Å². The zero-order valence-corrected chi connectivity index (χ0v) is 14.8. The second kappa shape index (κ2) is 6.49. The number of non-ortho nitro benzene ring substituents is 1.